The molecule has 0 spiro atoms. The molecule has 13 heavy (non-hydrogen) atoms. The second-order valence-electron chi connectivity index (χ2n) is 1.95. The first-order valence-corrected chi connectivity index (χ1v) is 4.51. The molecule has 0 aromatic heterocycles. The van der Waals surface area contributed by atoms with Gasteiger partial charge in [0.25, 0.3) is 5.91 Å². The highest BCUT2D eigenvalue weighted by Crippen LogP contribution is 2.03. The van der Waals surface area contributed by atoms with Crippen molar-refractivity contribution < 1.29 is 22.2 Å². The lowest BCUT2D eigenvalue weighted by Crippen LogP contribution is -2.39. The quantitative estimate of drug-likeness (QED) is 0.579. The average Bonchev–Trinajstić information content (AvgIpc) is 2.03. The van der Waals surface area contributed by atoms with E-state index in [9.17, 15) is 18.0 Å². The predicted octanol–water partition coefficient (Wildman–Crippen LogP) is -0.561. The number of rotatable bonds is 3. The molecule has 0 aromatic rings. The summed E-state index contributed by atoms with van der Waals surface area (Å²) >= 11 is 0. The molecule has 2 amide bonds. The van der Waals surface area contributed by atoms with Gasteiger partial charge in [-0.3, -0.25) is 13.8 Å². The third-order valence-corrected chi connectivity index (χ3v) is 2.40. The lowest BCUT2D eigenvalue weighted by atomic mass is 10.5. The van der Waals surface area contributed by atoms with Crippen molar-refractivity contribution >= 4 is 22.1 Å². The Morgan fingerprint density at radius 2 is 1.92 bits per heavy atom. The Bertz CT molecular complexity index is 331. The summed E-state index contributed by atoms with van der Waals surface area (Å²) in [4.78, 5) is 21.6. The normalized spacial score (nSPS) is 10.6. The van der Waals surface area contributed by atoms with Crippen molar-refractivity contribution in [3.63, 3.8) is 0 Å². The van der Waals surface area contributed by atoms with Gasteiger partial charge in [0.1, 0.15) is 0 Å². The predicted molar refractivity (Wildman–Crippen MR) is 43.7 cm³/mol. The molecule has 0 saturated heterocycles. The minimum absolute atomic E-state index is 0.0139. The SMILES string of the molecule is C=CC(=O)N(C(C)=O)S(=O)(=O)OC. The number of carbonyl (C=O) groups excluding carboxylic acids is 2. The summed E-state index contributed by atoms with van der Waals surface area (Å²) in [6, 6.07) is 0. The zero-order chi connectivity index (χ0) is 10.6. The first-order valence-electron chi connectivity index (χ1n) is 3.14. The molecule has 0 saturated carbocycles. The van der Waals surface area contributed by atoms with Gasteiger partial charge < -0.3 is 0 Å². The Morgan fingerprint density at radius 3 is 2.15 bits per heavy atom. The fourth-order valence-electron chi connectivity index (χ4n) is 0.580. The van der Waals surface area contributed by atoms with Gasteiger partial charge in [-0.1, -0.05) is 6.58 Å². The van der Waals surface area contributed by atoms with Crippen molar-refractivity contribution in [2.75, 3.05) is 7.11 Å². The van der Waals surface area contributed by atoms with Crippen LogP contribution in [0.1, 0.15) is 6.92 Å². The van der Waals surface area contributed by atoms with Gasteiger partial charge in [-0.05, 0) is 6.08 Å². The van der Waals surface area contributed by atoms with Crippen LogP contribution in [0.15, 0.2) is 12.7 Å². The van der Waals surface area contributed by atoms with Gasteiger partial charge in [-0.15, -0.1) is 4.31 Å². The number of nitrogens with zero attached hydrogens (tertiary/aromatic N) is 1. The topological polar surface area (TPSA) is 80.8 Å². The molecule has 0 aliphatic carbocycles. The molecule has 0 unspecified atom stereocenters. The number of amides is 2. The van der Waals surface area contributed by atoms with Crippen LogP contribution in [0, 0.1) is 0 Å². The summed E-state index contributed by atoms with van der Waals surface area (Å²) in [5.41, 5.74) is 0. The fraction of sp³-hybridized carbons (Fsp3) is 0.333. The summed E-state index contributed by atoms with van der Waals surface area (Å²) < 4.78 is 25.9. The summed E-state index contributed by atoms with van der Waals surface area (Å²) in [7, 11) is -3.46. The Balaban J connectivity index is 5.17. The average molecular weight is 207 g/mol. The first kappa shape index (κ1) is 11.8. The Morgan fingerprint density at radius 1 is 1.46 bits per heavy atom. The molecular weight excluding hydrogens is 198 g/mol. The van der Waals surface area contributed by atoms with Crippen molar-refractivity contribution in [1.82, 2.24) is 4.31 Å². The zero-order valence-corrected chi connectivity index (χ0v) is 8.00. The van der Waals surface area contributed by atoms with E-state index in [4.69, 9.17) is 0 Å². The van der Waals surface area contributed by atoms with Crippen molar-refractivity contribution in [3.8, 4) is 0 Å². The minimum atomic E-state index is -4.31. The van der Waals surface area contributed by atoms with Gasteiger partial charge in [0.15, 0.2) is 0 Å². The van der Waals surface area contributed by atoms with Crippen molar-refractivity contribution in [3.05, 3.63) is 12.7 Å². The number of carbonyl (C=O) groups is 2. The molecule has 0 aromatic carbocycles. The third-order valence-electron chi connectivity index (χ3n) is 1.10. The van der Waals surface area contributed by atoms with E-state index in [0.29, 0.717) is 6.08 Å². The zero-order valence-electron chi connectivity index (χ0n) is 7.18. The van der Waals surface area contributed by atoms with Crippen LogP contribution in [-0.4, -0.2) is 31.6 Å². The molecule has 0 rings (SSSR count). The largest absolute Gasteiger partial charge is 0.371 e. The molecule has 0 atom stereocenters. The number of hydrogen-bond donors (Lipinski definition) is 0. The molecule has 0 bridgehead atoms. The van der Waals surface area contributed by atoms with Crippen LogP contribution in [0.2, 0.25) is 0 Å². The maximum absolute atomic E-state index is 11.0. The van der Waals surface area contributed by atoms with E-state index in [-0.39, 0.29) is 4.31 Å². The highest BCUT2D eigenvalue weighted by molar-refractivity contribution is 7.85. The summed E-state index contributed by atoms with van der Waals surface area (Å²) in [5, 5.41) is 0. The number of imide groups is 1. The Labute approximate surface area is 76.0 Å². The molecule has 74 valence electrons. The van der Waals surface area contributed by atoms with Gasteiger partial charge >= 0.3 is 10.3 Å². The van der Waals surface area contributed by atoms with Crippen LogP contribution in [-0.2, 0) is 24.1 Å². The lowest BCUT2D eigenvalue weighted by molar-refractivity contribution is -0.134. The van der Waals surface area contributed by atoms with E-state index in [0.717, 1.165) is 14.0 Å². The molecule has 0 fully saturated rings. The monoisotopic (exact) mass is 207 g/mol. The lowest BCUT2D eigenvalue weighted by Gasteiger charge is -2.14. The van der Waals surface area contributed by atoms with Gasteiger partial charge in [0.05, 0.1) is 7.11 Å². The minimum Gasteiger partial charge on any atom is -0.274 e. The van der Waals surface area contributed by atoms with E-state index in [1.807, 2.05) is 0 Å². The molecule has 0 heterocycles. The molecule has 0 aliphatic heterocycles. The van der Waals surface area contributed by atoms with Gasteiger partial charge in [0.2, 0.25) is 5.91 Å². The molecule has 0 N–H and O–H groups in total. The maximum Gasteiger partial charge on any atom is 0.371 e. The number of hydrogen-bond acceptors (Lipinski definition) is 5. The van der Waals surface area contributed by atoms with Gasteiger partial charge in [-0.25, -0.2) is 0 Å². The third kappa shape index (κ3) is 2.63. The van der Waals surface area contributed by atoms with E-state index in [1.165, 1.54) is 0 Å². The highest BCUT2D eigenvalue weighted by Gasteiger charge is 2.29. The second kappa shape index (κ2) is 4.15. The fourth-order valence-corrected chi connectivity index (χ4v) is 1.34. The van der Waals surface area contributed by atoms with E-state index < -0.39 is 22.1 Å². The van der Waals surface area contributed by atoms with Crippen molar-refractivity contribution in [2.45, 2.75) is 6.92 Å². The van der Waals surface area contributed by atoms with E-state index >= 15 is 0 Å². The van der Waals surface area contributed by atoms with Gasteiger partial charge in [0, 0.05) is 6.92 Å². The smallest absolute Gasteiger partial charge is 0.274 e. The van der Waals surface area contributed by atoms with Crippen molar-refractivity contribution in [2.24, 2.45) is 0 Å². The summed E-state index contributed by atoms with van der Waals surface area (Å²) in [6.45, 7) is 3.98. The standard InChI is InChI=1S/C6H9NO5S/c1-4-6(9)7(5(2)8)13(10,11)12-3/h4H,1H2,2-3H3. The maximum atomic E-state index is 11.0. The summed E-state index contributed by atoms with van der Waals surface area (Å²) in [5.74, 6) is -2.00. The first-order chi connectivity index (χ1) is 5.86. The van der Waals surface area contributed by atoms with Gasteiger partial charge in [-0.2, -0.15) is 8.42 Å². The van der Waals surface area contributed by atoms with Crippen molar-refractivity contribution in [1.29, 1.82) is 0 Å². The van der Waals surface area contributed by atoms with Crippen LogP contribution >= 0.6 is 0 Å². The van der Waals surface area contributed by atoms with Crippen LogP contribution in [0.5, 0.6) is 0 Å². The summed E-state index contributed by atoms with van der Waals surface area (Å²) in [6.07, 6.45) is 0.706. The Kier molecular flexibility index (Phi) is 3.76. The highest BCUT2D eigenvalue weighted by atomic mass is 32.2. The van der Waals surface area contributed by atoms with E-state index in [1.54, 1.807) is 0 Å². The van der Waals surface area contributed by atoms with Crippen LogP contribution in [0.3, 0.4) is 0 Å². The van der Waals surface area contributed by atoms with Crippen LogP contribution in [0.25, 0.3) is 0 Å². The second-order valence-corrected chi connectivity index (χ2v) is 3.50. The molecule has 0 radical (unpaired) electrons. The molecule has 6 nitrogen and oxygen atoms in total. The molecule has 7 heteroatoms. The molecule has 0 aliphatic rings. The van der Waals surface area contributed by atoms with Crippen LogP contribution < -0.4 is 0 Å². The van der Waals surface area contributed by atoms with Crippen LogP contribution in [0.4, 0.5) is 0 Å². The molecular formula is C6H9NO5S. The van der Waals surface area contributed by atoms with E-state index in [2.05, 4.69) is 10.8 Å². The Hall–Kier alpha value is -1.21.